The monoisotopic (exact) mass is 225 g/mol. The number of hydrogen-bond donors (Lipinski definition) is 0. The normalized spacial score (nSPS) is 34.9. The van der Waals surface area contributed by atoms with E-state index in [0.29, 0.717) is 6.61 Å². The van der Waals surface area contributed by atoms with E-state index in [1.165, 1.54) is 0 Å². The summed E-state index contributed by atoms with van der Waals surface area (Å²) in [6.07, 6.45) is 1.67. The molecule has 6 nitrogen and oxygen atoms in total. The average Bonchev–Trinajstić information content (AvgIpc) is 2.97. The molecule has 0 aromatic carbocycles. The number of carbonyl (C=O) groups excluding carboxylic acids is 2. The highest BCUT2D eigenvalue weighted by molar-refractivity contribution is 6.51. The Kier molecular flexibility index (Phi) is 2.36. The summed E-state index contributed by atoms with van der Waals surface area (Å²) in [5.41, 5.74) is 0. The van der Waals surface area contributed by atoms with Crippen molar-refractivity contribution in [1.82, 2.24) is 4.90 Å². The van der Waals surface area contributed by atoms with Crippen LogP contribution in [0.4, 0.5) is 0 Å². The third-order valence-electron chi connectivity index (χ3n) is 3.11. The van der Waals surface area contributed by atoms with Gasteiger partial charge in [-0.3, -0.25) is 14.5 Å². The zero-order valence-electron chi connectivity index (χ0n) is 8.76. The molecule has 3 aliphatic heterocycles. The maximum Gasteiger partial charge on any atom is 0.632 e. The lowest BCUT2D eigenvalue weighted by atomic mass is 9.84. The fourth-order valence-electron chi connectivity index (χ4n) is 2.20. The molecule has 0 aromatic heterocycles. The number of nitrogens with zero attached hydrogens (tertiary/aromatic N) is 1. The Morgan fingerprint density at radius 2 is 2.12 bits per heavy atom. The van der Waals surface area contributed by atoms with Gasteiger partial charge in [0, 0.05) is 0 Å². The van der Waals surface area contributed by atoms with Crippen molar-refractivity contribution < 1.29 is 23.6 Å². The summed E-state index contributed by atoms with van der Waals surface area (Å²) >= 11 is 0. The van der Waals surface area contributed by atoms with Gasteiger partial charge in [0.15, 0.2) is 0 Å². The molecule has 0 saturated carbocycles. The lowest BCUT2D eigenvalue weighted by Crippen LogP contribution is -2.49. The molecule has 86 valence electrons. The SMILES string of the molecule is O=C1CN2CCC[C@H]2C(=O)OB(C2CO2)O1. The van der Waals surface area contributed by atoms with Crippen molar-refractivity contribution in [1.29, 1.82) is 0 Å². The second-order valence-corrected chi connectivity index (χ2v) is 4.30. The van der Waals surface area contributed by atoms with Gasteiger partial charge in [0.05, 0.1) is 13.2 Å². The molecule has 3 saturated heterocycles. The van der Waals surface area contributed by atoms with Gasteiger partial charge in [-0.1, -0.05) is 0 Å². The van der Waals surface area contributed by atoms with Crippen molar-refractivity contribution >= 4 is 19.1 Å². The molecule has 0 amide bonds. The minimum atomic E-state index is -0.845. The molecule has 0 spiro atoms. The zero-order valence-corrected chi connectivity index (χ0v) is 8.76. The summed E-state index contributed by atoms with van der Waals surface area (Å²) in [7, 11) is -0.845. The molecule has 0 radical (unpaired) electrons. The van der Waals surface area contributed by atoms with Crippen LogP contribution in [0.1, 0.15) is 12.8 Å². The fraction of sp³-hybridized carbons (Fsp3) is 0.778. The van der Waals surface area contributed by atoms with E-state index in [1.807, 2.05) is 4.90 Å². The highest BCUT2D eigenvalue weighted by atomic mass is 16.7. The highest BCUT2D eigenvalue weighted by Gasteiger charge is 2.50. The predicted octanol–water partition coefficient (Wildman–Crippen LogP) is -1.02. The van der Waals surface area contributed by atoms with Crippen LogP contribution >= 0.6 is 0 Å². The van der Waals surface area contributed by atoms with Crippen molar-refractivity contribution in [2.75, 3.05) is 19.7 Å². The number of rotatable bonds is 1. The van der Waals surface area contributed by atoms with Crippen LogP contribution in [0.5, 0.6) is 0 Å². The second kappa shape index (κ2) is 3.74. The molecule has 16 heavy (non-hydrogen) atoms. The van der Waals surface area contributed by atoms with E-state index in [9.17, 15) is 9.59 Å². The van der Waals surface area contributed by atoms with Gasteiger partial charge in [-0.2, -0.15) is 0 Å². The van der Waals surface area contributed by atoms with E-state index < -0.39 is 7.12 Å². The van der Waals surface area contributed by atoms with E-state index >= 15 is 0 Å². The summed E-state index contributed by atoms with van der Waals surface area (Å²) in [4.78, 5) is 25.1. The molecule has 1 unspecified atom stereocenters. The van der Waals surface area contributed by atoms with E-state index in [2.05, 4.69) is 0 Å². The van der Waals surface area contributed by atoms with Gasteiger partial charge in [0.2, 0.25) is 0 Å². The fourth-order valence-corrected chi connectivity index (χ4v) is 2.20. The van der Waals surface area contributed by atoms with Crippen molar-refractivity contribution in [3.05, 3.63) is 0 Å². The Morgan fingerprint density at radius 1 is 1.31 bits per heavy atom. The first-order valence-electron chi connectivity index (χ1n) is 5.49. The van der Waals surface area contributed by atoms with Crippen LogP contribution in [-0.4, -0.2) is 55.7 Å². The molecule has 2 atom stereocenters. The van der Waals surface area contributed by atoms with E-state index in [1.54, 1.807) is 0 Å². The summed E-state index contributed by atoms with van der Waals surface area (Å²) in [5.74, 6) is -0.648. The minimum absolute atomic E-state index is 0.170. The molecule has 3 heterocycles. The first kappa shape index (κ1) is 10.1. The Balaban J connectivity index is 1.76. The summed E-state index contributed by atoms with van der Waals surface area (Å²) < 4.78 is 15.2. The Labute approximate surface area is 93.0 Å². The third-order valence-corrected chi connectivity index (χ3v) is 3.11. The van der Waals surface area contributed by atoms with Crippen LogP contribution in [0.3, 0.4) is 0 Å². The smallest absolute Gasteiger partial charge is 0.497 e. The molecule has 3 rings (SSSR count). The molecule has 0 aromatic rings. The number of ether oxygens (including phenoxy) is 1. The van der Waals surface area contributed by atoms with E-state index in [4.69, 9.17) is 14.0 Å². The maximum absolute atomic E-state index is 11.8. The first-order chi connectivity index (χ1) is 7.74. The van der Waals surface area contributed by atoms with Crippen molar-refractivity contribution in [2.45, 2.75) is 24.9 Å². The molecular weight excluding hydrogens is 213 g/mol. The molecule has 0 bridgehead atoms. The van der Waals surface area contributed by atoms with Crippen molar-refractivity contribution in [3.8, 4) is 0 Å². The number of hydrogen-bond acceptors (Lipinski definition) is 6. The van der Waals surface area contributed by atoms with Crippen LogP contribution in [0.15, 0.2) is 0 Å². The van der Waals surface area contributed by atoms with Crippen LogP contribution in [0, 0.1) is 0 Å². The summed E-state index contributed by atoms with van der Waals surface area (Å²) in [5, 5.41) is 0. The Morgan fingerprint density at radius 3 is 2.88 bits per heavy atom. The van der Waals surface area contributed by atoms with Crippen LogP contribution < -0.4 is 0 Å². The topological polar surface area (TPSA) is 68.4 Å². The van der Waals surface area contributed by atoms with Gasteiger partial charge >= 0.3 is 19.1 Å². The lowest BCUT2D eigenvalue weighted by Gasteiger charge is -2.26. The summed E-state index contributed by atoms with van der Waals surface area (Å²) in [6.45, 7) is 1.40. The van der Waals surface area contributed by atoms with Crippen LogP contribution in [0.25, 0.3) is 0 Å². The number of fused-ring (bicyclic) bond motifs is 1. The quantitative estimate of drug-likeness (QED) is 0.420. The van der Waals surface area contributed by atoms with Gasteiger partial charge < -0.3 is 14.0 Å². The maximum atomic E-state index is 11.8. The Bertz CT molecular complexity index is 328. The standard InChI is InChI=1S/C9H12BNO5/c12-8-4-11-3-1-2-6(11)9(13)16-10(15-8)7-5-14-7/h6-7H,1-5H2/t6-,7?/m0/s1. The predicted molar refractivity (Wildman–Crippen MR) is 52.3 cm³/mol. The van der Waals surface area contributed by atoms with Gasteiger partial charge in [0.25, 0.3) is 0 Å². The van der Waals surface area contributed by atoms with Crippen LogP contribution in [-0.2, 0) is 23.6 Å². The van der Waals surface area contributed by atoms with Gasteiger partial charge in [0.1, 0.15) is 12.0 Å². The lowest BCUT2D eigenvalue weighted by molar-refractivity contribution is -0.149. The van der Waals surface area contributed by atoms with Gasteiger partial charge in [-0.15, -0.1) is 0 Å². The van der Waals surface area contributed by atoms with Crippen LogP contribution in [0.2, 0.25) is 0 Å². The minimum Gasteiger partial charge on any atom is -0.497 e. The third kappa shape index (κ3) is 1.80. The first-order valence-corrected chi connectivity index (χ1v) is 5.49. The highest BCUT2D eigenvalue weighted by Crippen LogP contribution is 2.23. The van der Waals surface area contributed by atoms with E-state index in [0.717, 1.165) is 19.4 Å². The molecule has 0 aliphatic carbocycles. The Hall–Kier alpha value is -1.08. The van der Waals surface area contributed by atoms with Gasteiger partial charge in [-0.05, 0) is 19.4 Å². The van der Waals surface area contributed by atoms with Crippen molar-refractivity contribution in [2.24, 2.45) is 0 Å². The number of epoxide rings is 1. The molecule has 7 heteroatoms. The summed E-state index contributed by atoms with van der Waals surface area (Å²) in [6, 6.07) is -0.546. The van der Waals surface area contributed by atoms with Crippen molar-refractivity contribution in [3.63, 3.8) is 0 Å². The molecule has 0 N–H and O–H groups in total. The second-order valence-electron chi connectivity index (χ2n) is 4.30. The van der Waals surface area contributed by atoms with Gasteiger partial charge in [-0.25, -0.2) is 0 Å². The average molecular weight is 225 g/mol. The zero-order chi connectivity index (χ0) is 11.1. The molecular formula is C9H12BNO5. The largest absolute Gasteiger partial charge is 0.632 e. The van der Waals surface area contributed by atoms with E-state index in [-0.39, 0.29) is 30.5 Å². The molecule has 3 aliphatic rings. The number of carbonyl (C=O) groups is 2. The molecule has 3 fully saturated rings.